The predicted molar refractivity (Wildman–Crippen MR) is 125 cm³/mol. The van der Waals surface area contributed by atoms with Crippen molar-refractivity contribution in [3.05, 3.63) is 53.1 Å². The largest absolute Gasteiger partial charge is 0.494 e. The molecule has 1 saturated heterocycles. The third kappa shape index (κ3) is 5.54. The number of piperazine rings is 1. The molecular weight excluding hydrogens is 450 g/mol. The lowest BCUT2D eigenvalue weighted by Gasteiger charge is -2.35. The molecule has 2 aromatic carbocycles. The van der Waals surface area contributed by atoms with Crippen molar-refractivity contribution in [2.24, 2.45) is 5.92 Å². The standard InChI is InChI=1S/C23H28ClN3O4S/c1-2-31-19-7-5-18(6-8-19)25-32(29,30)20-9-10-22(24)21(15-20)23(28)27-13-11-26(12-14-27)16-17-3-4-17/h5-10,15,17,25H,2-4,11-14,16H2,1H3. The zero-order chi connectivity index (χ0) is 22.7. The Kier molecular flexibility index (Phi) is 6.93. The van der Waals surface area contributed by atoms with Gasteiger partial charge in [-0.1, -0.05) is 11.6 Å². The van der Waals surface area contributed by atoms with Gasteiger partial charge in [-0.2, -0.15) is 0 Å². The smallest absolute Gasteiger partial charge is 0.261 e. The second-order valence-corrected chi connectivity index (χ2v) is 10.3. The molecule has 1 saturated carbocycles. The lowest BCUT2D eigenvalue weighted by molar-refractivity contribution is 0.0632. The lowest BCUT2D eigenvalue weighted by Crippen LogP contribution is -2.49. The molecule has 2 fully saturated rings. The van der Waals surface area contributed by atoms with E-state index in [2.05, 4.69) is 9.62 Å². The van der Waals surface area contributed by atoms with Gasteiger partial charge in [0, 0.05) is 38.4 Å². The summed E-state index contributed by atoms with van der Waals surface area (Å²) in [5.74, 6) is 1.24. The third-order valence-electron chi connectivity index (χ3n) is 5.77. The van der Waals surface area contributed by atoms with Crippen molar-refractivity contribution in [3.63, 3.8) is 0 Å². The summed E-state index contributed by atoms with van der Waals surface area (Å²) in [5.41, 5.74) is 0.611. The van der Waals surface area contributed by atoms with Gasteiger partial charge in [0.2, 0.25) is 0 Å². The van der Waals surface area contributed by atoms with Crippen LogP contribution in [0.4, 0.5) is 5.69 Å². The molecule has 2 aromatic rings. The van der Waals surface area contributed by atoms with Crippen molar-refractivity contribution < 1.29 is 17.9 Å². The van der Waals surface area contributed by atoms with Crippen LogP contribution in [0, 0.1) is 5.92 Å². The number of anilines is 1. The number of carbonyl (C=O) groups is 1. The number of nitrogens with one attached hydrogen (secondary N) is 1. The molecule has 0 radical (unpaired) electrons. The fraction of sp³-hybridized carbons (Fsp3) is 0.435. The molecule has 172 valence electrons. The van der Waals surface area contributed by atoms with Crippen molar-refractivity contribution in [3.8, 4) is 5.75 Å². The highest BCUT2D eigenvalue weighted by Crippen LogP contribution is 2.30. The van der Waals surface area contributed by atoms with Gasteiger partial charge in [0.25, 0.3) is 15.9 Å². The molecule has 9 heteroatoms. The Bertz CT molecular complexity index is 1060. The molecule has 2 aliphatic rings. The van der Waals surface area contributed by atoms with Gasteiger partial charge in [-0.25, -0.2) is 8.42 Å². The molecule has 0 bridgehead atoms. The molecule has 7 nitrogen and oxygen atoms in total. The van der Waals surface area contributed by atoms with Gasteiger partial charge in [0.1, 0.15) is 5.75 Å². The van der Waals surface area contributed by atoms with Crippen molar-refractivity contribution in [1.82, 2.24) is 9.80 Å². The summed E-state index contributed by atoms with van der Waals surface area (Å²) in [6.45, 7) is 6.40. The number of hydrogen-bond donors (Lipinski definition) is 1. The van der Waals surface area contributed by atoms with Crippen molar-refractivity contribution in [2.75, 3.05) is 44.1 Å². The maximum Gasteiger partial charge on any atom is 0.261 e. The molecule has 0 unspecified atom stereocenters. The maximum atomic E-state index is 13.1. The molecule has 0 aromatic heterocycles. The summed E-state index contributed by atoms with van der Waals surface area (Å²) in [7, 11) is -3.89. The number of benzene rings is 2. The molecule has 1 heterocycles. The summed E-state index contributed by atoms with van der Waals surface area (Å²) in [4.78, 5) is 17.2. The fourth-order valence-electron chi connectivity index (χ4n) is 3.80. The van der Waals surface area contributed by atoms with E-state index in [0.29, 0.717) is 31.1 Å². The Morgan fingerprint density at radius 1 is 1.09 bits per heavy atom. The van der Waals surface area contributed by atoms with E-state index in [4.69, 9.17) is 16.3 Å². The molecule has 0 spiro atoms. The first-order chi connectivity index (χ1) is 15.4. The van der Waals surface area contributed by atoms with Crippen LogP contribution in [0.1, 0.15) is 30.1 Å². The minimum atomic E-state index is -3.89. The van der Waals surface area contributed by atoms with E-state index in [1.807, 2.05) is 6.92 Å². The summed E-state index contributed by atoms with van der Waals surface area (Å²) < 4.78 is 33.7. The number of rotatable bonds is 8. The second kappa shape index (κ2) is 9.68. The lowest BCUT2D eigenvalue weighted by atomic mass is 10.1. The van der Waals surface area contributed by atoms with E-state index in [9.17, 15) is 13.2 Å². The van der Waals surface area contributed by atoms with E-state index in [1.165, 1.54) is 31.0 Å². The SMILES string of the molecule is CCOc1ccc(NS(=O)(=O)c2ccc(Cl)c(C(=O)N3CCN(CC4CC4)CC3)c2)cc1. The Labute approximate surface area is 194 Å². The first kappa shape index (κ1) is 22.9. The van der Waals surface area contributed by atoms with Crippen LogP contribution < -0.4 is 9.46 Å². The summed E-state index contributed by atoms with van der Waals surface area (Å²) in [5, 5.41) is 0.246. The fourth-order valence-corrected chi connectivity index (χ4v) is 5.09. The van der Waals surface area contributed by atoms with Crippen LogP contribution in [0.5, 0.6) is 5.75 Å². The quantitative estimate of drug-likeness (QED) is 0.627. The Morgan fingerprint density at radius 2 is 1.78 bits per heavy atom. The van der Waals surface area contributed by atoms with E-state index in [-0.39, 0.29) is 21.4 Å². The highest BCUT2D eigenvalue weighted by molar-refractivity contribution is 7.92. The van der Waals surface area contributed by atoms with Gasteiger partial charge in [-0.05, 0) is 68.1 Å². The number of amides is 1. The Morgan fingerprint density at radius 3 is 2.41 bits per heavy atom. The zero-order valence-corrected chi connectivity index (χ0v) is 19.7. The highest BCUT2D eigenvalue weighted by Gasteiger charge is 2.29. The van der Waals surface area contributed by atoms with Crippen molar-refractivity contribution in [2.45, 2.75) is 24.7 Å². The number of sulfonamides is 1. The van der Waals surface area contributed by atoms with Crippen LogP contribution in [-0.2, 0) is 10.0 Å². The van der Waals surface area contributed by atoms with Crippen LogP contribution >= 0.6 is 11.6 Å². The van der Waals surface area contributed by atoms with Gasteiger partial charge in [-0.3, -0.25) is 14.4 Å². The third-order valence-corrected chi connectivity index (χ3v) is 7.48. The molecule has 32 heavy (non-hydrogen) atoms. The van der Waals surface area contributed by atoms with Gasteiger partial charge < -0.3 is 9.64 Å². The monoisotopic (exact) mass is 477 g/mol. The Hall–Kier alpha value is -2.29. The van der Waals surface area contributed by atoms with Crippen LogP contribution in [0.3, 0.4) is 0 Å². The predicted octanol–water partition coefficient (Wildman–Crippen LogP) is 3.71. The average molecular weight is 478 g/mol. The molecule has 1 amide bonds. The molecule has 0 atom stereocenters. The number of hydrogen-bond acceptors (Lipinski definition) is 5. The van der Waals surface area contributed by atoms with Crippen molar-refractivity contribution >= 4 is 33.2 Å². The van der Waals surface area contributed by atoms with Crippen LogP contribution in [0.15, 0.2) is 47.4 Å². The van der Waals surface area contributed by atoms with Gasteiger partial charge >= 0.3 is 0 Å². The first-order valence-corrected chi connectivity index (χ1v) is 12.8. The number of ether oxygens (including phenoxy) is 1. The topological polar surface area (TPSA) is 78.9 Å². The van der Waals surface area contributed by atoms with Crippen LogP contribution in [0.2, 0.25) is 5.02 Å². The molecule has 1 aliphatic heterocycles. The van der Waals surface area contributed by atoms with Crippen LogP contribution in [-0.4, -0.2) is 63.5 Å². The number of nitrogens with zero attached hydrogens (tertiary/aromatic N) is 2. The number of halogens is 1. The van der Waals surface area contributed by atoms with E-state index >= 15 is 0 Å². The van der Waals surface area contributed by atoms with Crippen molar-refractivity contribution in [1.29, 1.82) is 0 Å². The molecule has 1 aliphatic carbocycles. The summed E-state index contributed by atoms with van der Waals surface area (Å²) in [6, 6.07) is 10.9. The molecule has 1 N–H and O–H groups in total. The Balaban J connectivity index is 1.45. The van der Waals surface area contributed by atoms with Gasteiger partial charge in [0.05, 0.1) is 22.1 Å². The van der Waals surface area contributed by atoms with Crippen LogP contribution in [0.25, 0.3) is 0 Å². The second-order valence-electron chi connectivity index (χ2n) is 8.24. The minimum Gasteiger partial charge on any atom is -0.494 e. The maximum absolute atomic E-state index is 13.1. The highest BCUT2D eigenvalue weighted by atomic mass is 35.5. The summed E-state index contributed by atoms with van der Waals surface area (Å²) in [6.07, 6.45) is 2.61. The van der Waals surface area contributed by atoms with E-state index in [0.717, 1.165) is 25.6 Å². The normalized spacial score (nSPS) is 17.2. The van der Waals surface area contributed by atoms with E-state index in [1.54, 1.807) is 29.2 Å². The van der Waals surface area contributed by atoms with Gasteiger partial charge in [0.15, 0.2) is 0 Å². The first-order valence-electron chi connectivity index (χ1n) is 10.9. The number of carbonyl (C=O) groups excluding carboxylic acids is 1. The molecular formula is C23H28ClN3O4S. The van der Waals surface area contributed by atoms with Gasteiger partial charge in [-0.15, -0.1) is 0 Å². The van der Waals surface area contributed by atoms with E-state index < -0.39 is 10.0 Å². The minimum absolute atomic E-state index is 0.00787. The summed E-state index contributed by atoms with van der Waals surface area (Å²) >= 11 is 6.29. The molecule has 4 rings (SSSR count). The zero-order valence-electron chi connectivity index (χ0n) is 18.1. The average Bonchev–Trinajstić information content (AvgIpc) is 3.59.